The number of aromatic carboxylic acids is 1. The van der Waals surface area contributed by atoms with Gasteiger partial charge in [-0.15, -0.1) is 0 Å². The molecular formula is C13H16ClNO5S. The summed E-state index contributed by atoms with van der Waals surface area (Å²) in [7, 11) is -2.69. The fraction of sp³-hybridized carbons (Fsp3) is 0.462. The van der Waals surface area contributed by atoms with E-state index in [-0.39, 0.29) is 27.3 Å². The Balaban J connectivity index is 2.48. The van der Waals surface area contributed by atoms with Crippen LogP contribution < -0.4 is 9.46 Å². The maximum Gasteiger partial charge on any atom is 0.339 e. The van der Waals surface area contributed by atoms with E-state index in [1.54, 1.807) is 6.92 Å². The van der Waals surface area contributed by atoms with Gasteiger partial charge in [-0.05, 0) is 37.8 Å². The van der Waals surface area contributed by atoms with E-state index in [0.717, 1.165) is 18.9 Å². The first-order chi connectivity index (χ1) is 9.76. The van der Waals surface area contributed by atoms with E-state index in [9.17, 15) is 13.2 Å². The number of nitrogens with one attached hydrogen (secondary N) is 1. The molecule has 1 aliphatic rings. The number of halogens is 1. The molecule has 1 aromatic rings. The van der Waals surface area contributed by atoms with Crippen LogP contribution >= 0.6 is 11.6 Å². The van der Waals surface area contributed by atoms with Crippen LogP contribution in [0.25, 0.3) is 0 Å². The van der Waals surface area contributed by atoms with Crippen molar-refractivity contribution in [1.82, 2.24) is 4.72 Å². The Morgan fingerprint density at radius 2 is 2.10 bits per heavy atom. The molecule has 116 valence electrons. The highest BCUT2D eigenvalue weighted by Crippen LogP contribution is 2.35. The van der Waals surface area contributed by atoms with Crippen LogP contribution in [0.4, 0.5) is 0 Å². The van der Waals surface area contributed by atoms with E-state index in [1.807, 2.05) is 0 Å². The van der Waals surface area contributed by atoms with Gasteiger partial charge in [-0.25, -0.2) is 17.9 Å². The molecule has 0 aliphatic heterocycles. The van der Waals surface area contributed by atoms with Gasteiger partial charge >= 0.3 is 5.97 Å². The van der Waals surface area contributed by atoms with Gasteiger partial charge in [-0.2, -0.15) is 0 Å². The molecule has 8 heteroatoms. The molecule has 0 saturated heterocycles. The highest BCUT2D eigenvalue weighted by Gasteiger charge is 2.33. The van der Waals surface area contributed by atoms with E-state index in [2.05, 4.69) is 4.72 Å². The van der Waals surface area contributed by atoms with Gasteiger partial charge in [0.15, 0.2) is 5.75 Å². The third kappa shape index (κ3) is 3.48. The van der Waals surface area contributed by atoms with E-state index in [4.69, 9.17) is 21.4 Å². The molecule has 2 rings (SSSR count). The van der Waals surface area contributed by atoms with Crippen LogP contribution in [0.3, 0.4) is 0 Å². The van der Waals surface area contributed by atoms with Gasteiger partial charge in [0.2, 0.25) is 10.0 Å². The van der Waals surface area contributed by atoms with Crippen LogP contribution in [0.15, 0.2) is 17.0 Å². The molecule has 0 bridgehead atoms. The standard InChI is InChI=1S/C13H16ClNO5S/c1-7(8-3-4-8)15-21(18,19)11-6-9(14)5-10(13(16)17)12(11)20-2/h5-8,15H,3-4H2,1-2H3,(H,16,17). The molecular weight excluding hydrogens is 318 g/mol. The third-order valence-corrected chi connectivity index (χ3v) is 5.20. The average Bonchev–Trinajstić information content (AvgIpc) is 3.21. The van der Waals surface area contributed by atoms with Crippen LogP contribution in [0, 0.1) is 5.92 Å². The lowest BCUT2D eigenvalue weighted by Crippen LogP contribution is -2.34. The Bertz CT molecular complexity index is 669. The Morgan fingerprint density at radius 1 is 1.48 bits per heavy atom. The van der Waals surface area contributed by atoms with Crippen LogP contribution in [0.2, 0.25) is 5.02 Å². The highest BCUT2D eigenvalue weighted by molar-refractivity contribution is 7.89. The first-order valence-corrected chi connectivity index (χ1v) is 8.25. The zero-order chi connectivity index (χ0) is 15.8. The number of benzene rings is 1. The second-order valence-corrected chi connectivity index (χ2v) is 7.16. The maximum absolute atomic E-state index is 12.4. The number of hydrogen-bond acceptors (Lipinski definition) is 4. The molecule has 1 aromatic carbocycles. The van der Waals surface area contributed by atoms with Gasteiger partial charge in [-0.3, -0.25) is 0 Å². The molecule has 0 heterocycles. The predicted molar refractivity (Wildman–Crippen MR) is 77.5 cm³/mol. The van der Waals surface area contributed by atoms with Crippen LogP contribution in [-0.2, 0) is 10.0 Å². The van der Waals surface area contributed by atoms with E-state index >= 15 is 0 Å². The summed E-state index contributed by atoms with van der Waals surface area (Å²) in [5.41, 5.74) is -0.288. The van der Waals surface area contributed by atoms with E-state index in [0.29, 0.717) is 5.92 Å². The third-order valence-electron chi connectivity index (χ3n) is 3.41. The lowest BCUT2D eigenvalue weighted by atomic mass is 10.2. The number of carbonyl (C=O) groups is 1. The van der Waals surface area contributed by atoms with Gasteiger partial charge < -0.3 is 9.84 Å². The van der Waals surface area contributed by atoms with Crippen molar-refractivity contribution >= 4 is 27.6 Å². The summed E-state index contributed by atoms with van der Waals surface area (Å²) in [6, 6.07) is 2.13. The lowest BCUT2D eigenvalue weighted by molar-refractivity contribution is 0.0693. The number of hydrogen-bond donors (Lipinski definition) is 2. The van der Waals surface area contributed by atoms with Crippen LogP contribution in [0.1, 0.15) is 30.1 Å². The molecule has 0 spiro atoms. The molecule has 6 nitrogen and oxygen atoms in total. The highest BCUT2D eigenvalue weighted by atomic mass is 35.5. The van der Waals surface area contributed by atoms with Crippen LogP contribution in [-0.4, -0.2) is 32.6 Å². The molecule has 1 unspecified atom stereocenters. The fourth-order valence-electron chi connectivity index (χ4n) is 2.14. The average molecular weight is 334 g/mol. The molecule has 0 radical (unpaired) electrons. The van der Waals surface area contributed by atoms with Gasteiger partial charge in [-0.1, -0.05) is 11.6 Å². The lowest BCUT2D eigenvalue weighted by Gasteiger charge is -2.16. The summed E-state index contributed by atoms with van der Waals surface area (Å²) < 4.78 is 32.4. The molecule has 1 saturated carbocycles. The summed E-state index contributed by atoms with van der Waals surface area (Å²) in [5.74, 6) is -1.20. The number of rotatable bonds is 6. The van der Waals surface area contributed by atoms with Crippen LogP contribution in [0.5, 0.6) is 5.75 Å². The molecule has 0 amide bonds. The quantitative estimate of drug-likeness (QED) is 0.831. The number of carboxylic acids is 1. The fourth-order valence-corrected chi connectivity index (χ4v) is 3.95. The molecule has 1 fully saturated rings. The first kappa shape index (κ1) is 16.1. The Labute approximate surface area is 128 Å². The zero-order valence-electron chi connectivity index (χ0n) is 11.6. The maximum atomic E-state index is 12.4. The van der Waals surface area contributed by atoms with Crippen molar-refractivity contribution in [2.75, 3.05) is 7.11 Å². The van der Waals surface area contributed by atoms with E-state index in [1.165, 1.54) is 13.2 Å². The molecule has 0 aromatic heterocycles. The molecule has 1 atom stereocenters. The number of sulfonamides is 1. The SMILES string of the molecule is COc1c(C(=O)O)cc(Cl)cc1S(=O)(=O)NC(C)C1CC1. The van der Waals surface area contributed by atoms with Crippen molar-refractivity contribution in [2.45, 2.75) is 30.7 Å². The summed E-state index contributed by atoms with van der Waals surface area (Å²) >= 11 is 5.83. The monoisotopic (exact) mass is 333 g/mol. The number of carboxylic acid groups (broad SMARTS) is 1. The number of ether oxygens (including phenoxy) is 1. The normalized spacial score (nSPS) is 16.5. The molecule has 1 aliphatic carbocycles. The Morgan fingerprint density at radius 3 is 2.57 bits per heavy atom. The number of methoxy groups -OCH3 is 1. The minimum atomic E-state index is -3.91. The van der Waals surface area contributed by atoms with Crippen molar-refractivity contribution in [3.05, 3.63) is 22.7 Å². The van der Waals surface area contributed by atoms with Gasteiger partial charge in [0.05, 0.1) is 7.11 Å². The molecule has 2 N–H and O–H groups in total. The summed E-state index contributed by atoms with van der Waals surface area (Å²) in [4.78, 5) is 10.9. The smallest absolute Gasteiger partial charge is 0.339 e. The topological polar surface area (TPSA) is 92.7 Å². The van der Waals surface area contributed by atoms with Crippen molar-refractivity contribution in [3.63, 3.8) is 0 Å². The van der Waals surface area contributed by atoms with Crippen molar-refractivity contribution in [2.24, 2.45) is 5.92 Å². The Hall–Kier alpha value is -1.31. The second kappa shape index (κ2) is 5.82. The van der Waals surface area contributed by atoms with Crippen molar-refractivity contribution < 1.29 is 23.1 Å². The van der Waals surface area contributed by atoms with Crippen molar-refractivity contribution in [1.29, 1.82) is 0 Å². The zero-order valence-corrected chi connectivity index (χ0v) is 13.2. The summed E-state index contributed by atoms with van der Waals surface area (Å²) in [5, 5.41) is 9.16. The molecule has 21 heavy (non-hydrogen) atoms. The summed E-state index contributed by atoms with van der Waals surface area (Å²) in [6.07, 6.45) is 1.97. The predicted octanol–water partition coefficient (Wildman–Crippen LogP) is 2.12. The largest absolute Gasteiger partial charge is 0.494 e. The Kier molecular flexibility index (Phi) is 4.46. The van der Waals surface area contributed by atoms with Gasteiger partial charge in [0.1, 0.15) is 10.5 Å². The van der Waals surface area contributed by atoms with Crippen molar-refractivity contribution in [3.8, 4) is 5.75 Å². The minimum absolute atomic E-state index is 0.0210. The van der Waals surface area contributed by atoms with Gasteiger partial charge in [0, 0.05) is 11.1 Å². The minimum Gasteiger partial charge on any atom is -0.494 e. The van der Waals surface area contributed by atoms with Gasteiger partial charge in [0.25, 0.3) is 0 Å². The first-order valence-electron chi connectivity index (χ1n) is 6.39. The van der Waals surface area contributed by atoms with E-state index < -0.39 is 16.0 Å². The summed E-state index contributed by atoms with van der Waals surface area (Å²) in [6.45, 7) is 1.78. The second-order valence-electron chi connectivity index (χ2n) is 5.04.